The summed E-state index contributed by atoms with van der Waals surface area (Å²) in [5.41, 5.74) is 2.52. The van der Waals surface area contributed by atoms with Crippen molar-refractivity contribution >= 4 is 23.0 Å². The highest BCUT2D eigenvalue weighted by Crippen LogP contribution is 2.29. The zero-order valence-electron chi connectivity index (χ0n) is 13.0. The van der Waals surface area contributed by atoms with Gasteiger partial charge in [-0.15, -0.1) is 0 Å². The van der Waals surface area contributed by atoms with E-state index in [-0.39, 0.29) is 5.78 Å². The first-order valence-electron chi connectivity index (χ1n) is 7.85. The molecule has 0 saturated carbocycles. The summed E-state index contributed by atoms with van der Waals surface area (Å²) in [7, 11) is 0. The fourth-order valence-electron chi connectivity index (χ4n) is 2.72. The van der Waals surface area contributed by atoms with E-state index in [0.717, 1.165) is 42.3 Å². The molecule has 1 aromatic heterocycles. The summed E-state index contributed by atoms with van der Waals surface area (Å²) in [4.78, 5) is 23.7. The number of hydrogen-bond acceptors (Lipinski definition) is 3. The molecule has 0 fully saturated rings. The summed E-state index contributed by atoms with van der Waals surface area (Å²) in [6, 6.07) is 14.3. The number of aldehydes is 1. The lowest BCUT2D eigenvalue weighted by molar-refractivity contribution is 0.103. The third-order valence-corrected chi connectivity index (χ3v) is 3.96. The smallest absolute Gasteiger partial charge is 0.197 e. The number of fused-ring (bicyclic) bond motifs is 1. The molecule has 0 spiro atoms. The predicted molar refractivity (Wildman–Crippen MR) is 90.1 cm³/mol. The van der Waals surface area contributed by atoms with Crippen molar-refractivity contribution in [2.45, 2.75) is 26.2 Å². The molecule has 3 heteroatoms. The fourth-order valence-corrected chi connectivity index (χ4v) is 2.72. The van der Waals surface area contributed by atoms with Crippen molar-refractivity contribution in [3.8, 4) is 0 Å². The first kappa shape index (κ1) is 15.2. The molecule has 0 saturated heterocycles. The van der Waals surface area contributed by atoms with Crippen LogP contribution in [0.1, 0.15) is 51.8 Å². The van der Waals surface area contributed by atoms with Gasteiger partial charge in [0.2, 0.25) is 0 Å². The first-order chi connectivity index (χ1) is 11.2. The van der Waals surface area contributed by atoms with Crippen molar-refractivity contribution in [1.29, 1.82) is 0 Å². The van der Waals surface area contributed by atoms with Gasteiger partial charge in [0.1, 0.15) is 17.6 Å². The molecule has 2 aromatic carbocycles. The van der Waals surface area contributed by atoms with Crippen molar-refractivity contribution < 1.29 is 14.0 Å². The van der Waals surface area contributed by atoms with Crippen LogP contribution >= 0.6 is 0 Å². The third kappa shape index (κ3) is 2.95. The number of carbonyl (C=O) groups excluding carboxylic acids is 2. The van der Waals surface area contributed by atoms with E-state index >= 15 is 0 Å². The zero-order valence-corrected chi connectivity index (χ0v) is 13.0. The Balaban J connectivity index is 2.08. The maximum atomic E-state index is 13.0. The Bertz CT molecular complexity index is 841. The summed E-state index contributed by atoms with van der Waals surface area (Å²) in [5, 5.41) is 0.850. The number of unbranched alkanes of at least 4 members (excludes halogenated alkanes) is 1. The number of aryl methyl sites for hydroxylation is 1. The normalized spacial score (nSPS) is 10.8. The summed E-state index contributed by atoms with van der Waals surface area (Å²) in [6.45, 7) is 2.11. The molecular weight excluding hydrogens is 288 g/mol. The molecule has 0 bridgehead atoms. The second kappa shape index (κ2) is 6.61. The molecule has 0 amide bonds. The Morgan fingerprint density at radius 1 is 1.09 bits per heavy atom. The largest absolute Gasteiger partial charge is 0.460 e. The van der Waals surface area contributed by atoms with Crippen LogP contribution in [0.5, 0.6) is 0 Å². The molecule has 23 heavy (non-hydrogen) atoms. The Kier molecular flexibility index (Phi) is 4.38. The van der Waals surface area contributed by atoms with Crippen LogP contribution in [0, 0.1) is 0 Å². The fraction of sp³-hybridized carbons (Fsp3) is 0.200. The summed E-state index contributed by atoms with van der Waals surface area (Å²) < 4.78 is 5.91. The lowest BCUT2D eigenvalue weighted by atomic mass is 9.98. The van der Waals surface area contributed by atoms with Gasteiger partial charge >= 0.3 is 0 Å². The Labute approximate surface area is 134 Å². The SMILES string of the molecule is CCCCc1oc2ccccc2c1C(=O)c1ccc(C=O)cc1. The highest BCUT2D eigenvalue weighted by Gasteiger charge is 2.21. The zero-order chi connectivity index (χ0) is 16.2. The van der Waals surface area contributed by atoms with Crippen LogP contribution < -0.4 is 0 Å². The molecule has 3 rings (SSSR count). The van der Waals surface area contributed by atoms with E-state index < -0.39 is 0 Å². The molecule has 0 radical (unpaired) electrons. The van der Waals surface area contributed by atoms with Crippen LogP contribution in [0.3, 0.4) is 0 Å². The topological polar surface area (TPSA) is 47.3 Å². The standard InChI is InChI=1S/C20H18O3/c1-2-3-7-18-19(16-6-4-5-8-17(16)23-18)20(22)15-11-9-14(13-21)10-12-15/h4-6,8-13H,2-3,7H2,1H3. The van der Waals surface area contributed by atoms with Crippen LogP contribution in [0.4, 0.5) is 0 Å². The molecule has 0 aliphatic carbocycles. The molecule has 3 aromatic rings. The monoisotopic (exact) mass is 306 g/mol. The highest BCUT2D eigenvalue weighted by molar-refractivity contribution is 6.17. The third-order valence-electron chi connectivity index (χ3n) is 3.96. The molecule has 0 aliphatic rings. The van der Waals surface area contributed by atoms with E-state index in [4.69, 9.17) is 4.42 Å². The van der Waals surface area contributed by atoms with Gasteiger partial charge in [0.05, 0.1) is 5.56 Å². The highest BCUT2D eigenvalue weighted by atomic mass is 16.3. The number of benzene rings is 2. The van der Waals surface area contributed by atoms with Crippen LogP contribution in [-0.4, -0.2) is 12.1 Å². The molecule has 0 atom stereocenters. The number of carbonyl (C=O) groups is 2. The molecule has 0 unspecified atom stereocenters. The minimum Gasteiger partial charge on any atom is -0.460 e. The Hall–Kier alpha value is -2.68. The number of rotatable bonds is 6. The molecule has 0 aliphatic heterocycles. The van der Waals surface area contributed by atoms with Gasteiger partial charge in [-0.2, -0.15) is 0 Å². The maximum Gasteiger partial charge on any atom is 0.197 e. The second-order valence-corrected chi connectivity index (χ2v) is 5.57. The van der Waals surface area contributed by atoms with Crippen molar-refractivity contribution in [2.24, 2.45) is 0 Å². The summed E-state index contributed by atoms with van der Waals surface area (Å²) in [6.07, 6.45) is 3.54. The van der Waals surface area contributed by atoms with Crippen LogP contribution in [0.25, 0.3) is 11.0 Å². The van der Waals surface area contributed by atoms with Gasteiger partial charge in [0.15, 0.2) is 5.78 Å². The Morgan fingerprint density at radius 3 is 2.52 bits per heavy atom. The maximum absolute atomic E-state index is 13.0. The van der Waals surface area contributed by atoms with E-state index in [1.807, 2.05) is 24.3 Å². The summed E-state index contributed by atoms with van der Waals surface area (Å²) in [5.74, 6) is 0.691. The van der Waals surface area contributed by atoms with E-state index in [1.54, 1.807) is 24.3 Å². The van der Waals surface area contributed by atoms with Gasteiger partial charge in [-0.3, -0.25) is 9.59 Å². The minimum atomic E-state index is -0.0569. The van der Waals surface area contributed by atoms with Crippen molar-refractivity contribution in [1.82, 2.24) is 0 Å². The van der Waals surface area contributed by atoms with Crippen LogP contribution in [-0.2, 0) is 6.42 Å². The first-order valence-corrected chi connectivity index (χ1v) is 7.85. The number of furan rings is 1. The van der Waals surface area contributed by atoms with Gasteiger partial charge in [-0.05, 0) is 12.5 Å². The van der Waals surface area contributed by atoms with E-state index in [1.165, 1.54) is 0 Å². The lowest BCUT2D eigenvalue weighted by Gasteiger charge is -2.03. The second-order valence-electron chi connectivity index (χ2n) is 5.57. The van der Waals surface area contributed by atoms with E-state index in [9.17, 15) is 9.59 Å². The van der Waals surface area contributed by atoms with Crippen LogP contribution in [0.15, 0.2) is 52.9 Å². The molecule has 0 N–H and O–H groups in total. The van der Waals surface area contributed by atoms with E-state index in [0.29, 0.717) is 16.7 Å². The van der Waals surface area contributed by atoms with Crippen molar-refractivity contribution in [3.05, 3.63) is 71.0 Å². The van der Waals surface area contributed by atoms with Gasteiger partial charge in [0.25, 0.3) is 0 Å². The van der Waals surface area contributed by atoms with Crippen LogP contribution in [0.2, 0.25) is 0 Å². The predicted octanol–water partition coefficient (Wildman–Crippen LogP) is 4.82. The Morgan fingerprint density at radius 2 is 1.83 bits per heavy atom. The van der Waals surface area contributed by atoms with Crippen molar-refractivity contribution in [2.75, 3.05) is 0 Å². The number of para-hydroxylation sites is 1. The number of hydrogen-bond donors (Lipinski definition) is 0. The van der Waals surface area contributed by atoms with Gasteiger partial charge < -0.3 is 4.42 Å². The lowest BCUT2D eigenvalue weighted by Crippen LogP contribution is -2.04. The van der Waals surface area contributed by atoms with E-state index in [2.05, 4.69) is 6.92 Å². The quantitative estimate of drug-likeness (QED) is 0.484. The van der Waals surface area contributed by atoms with Gasteiger partial charge in [0, 0.05) is 22.9 Å². The van der Waals surface area contributed by atoms with Gasteiger partial charge in [-0.1, -0.05) is 55.8 Å². The average molecular weight is 306 g/mol. The van der Waals surface area contributed by atoms with Crippen molar-refractivity contribution in [3.63, 3.8) is 0 Å². The molecule has 116 valence electrons. The molecule has 3 nitrogen and oxygen atoms in total. The minimum absolute atomic E-state index is 0.0569. The number of ketones is 1. The molecular formula is C20H18O3. The summed E-state index contributed by atoms with van der Waals surface area (Å²) >= 11 is 0. The van der Waals surface area contributed by atoms with Gasteiger partial charge in [-0.25, -0.2) is 0 Å². The average Bonchev–Trinajstić information content (AvgIpc) is 2.97. The molecule has 1 heterocycles.